The van der Waals surface area contributed by atoms with E-state index in [-0.39, 0.29) is 12.4 Å². The van der Waals surface area contributed by atoms with Crippen LogP contribution in [0.15, 0.2) is 0 Å². The summed E-state index contributed by atoms with van der Waals surface area (Å²) in [5.74, 6) is -0.218. The molecule has 0 aliphatic rings. The molecule has 0 fully saturated rings. The summed E-state index contributed by atoms with van der Waals surface area (Å²) in [5.41, 5.74) is 0. The topological polar surface area (TPSA) is 66.8 Å². The molecule has 0 aliphatic heterocycles. The SMILES string of the molecule is CCN(CCOC)S(=O)(=O)CCO. The number of hydrogen-bond acceptors (Lipinski definition) is 4. The second-order valence-electron chi connectivity index (χ2n) is 2.52. The Balaban J connectivity index is 4.20. The number of methoxy groups -OCH3 is 1. The van der Waals surface area contributed by atoms with Gasteiger partial charge in [0.2, 0.25) is 10.0 Å². The van der Waals surface area contributed by atoms with Gasteiger partial charge in [-0.25, -0.2) is 8.42 Å². The molecule has 0 saturated carbocycles. The summed E-state index contributed by atoms with van der Waals surface area (Å²) in [6.45, 7) is 2.54. The van der Waals surface area contributed by atoms with Crippen LogP contribution in [0.1, 0.15) is 6.92 Å². The summed E-state index contributed by atoms with van der Waals surface area (Å²) in [7, 11) is -1.77. The van der Waals surface area contributed by atoms with E-state index in [1.807, 2.05) is 0 Å². The van der Waals surface area contributed by atoms with E-state index in [9.17, 15) is 8.42 Å². The molecule has 0 bridgehead atoms. The van der Waals surface area contributed by atoms with Gasteiger partial charge in [0.15, 0.2) is 0 Å². The fraction of sp³-hybridized carbons (Fsp3) is 1.00. The highest BCUT2D eigenvalue weighted by atomic mass is 32.2. The minimum atomic E-state index is -3.29. The largest absolute Gasteiger partial charge is 0.395 e. The Morgan fingerprint density at radius 1 is 1.46 bits per heavy atom. The molecule has 0 aromatic rings. The Morgan fingerprint density at radius 2 is 2.08 bits per heavy atom. The summed E-state index contributed by atoms with van der Waals surface area (Å²) in [4.78, 5) is 0. The molecular formula is C7H17NO4S. The molecule has 0 atom stereocenters. The molecule has 5 nitrogen and oxygen atoms in total. The Morgan fingerprint density at radius 3 is 2.46 bits per heavy atom. The van der Waals surface area contributed by atoms with E-state index in [1.54, 1.807) is 6.92 Å². The third kappa shape index (κ3) is 4.56. The number of sulfonamides is 1. The van der Waals surface area contributed by atoms with Crippen molar-refractivity contribution in [3.63, 3.8) is 0 Å². The van der Waals surface area contributed by atoms with Gasteiger partial charge in [-0.2, -0.15) is 4.31 Å². The summed E-state index contributed by atoms with van der Waals surface area (Å²) in [6.07, 6.45) is 0. The van der Waals surface area contributed by atoms with E-state index >= 15 is 0 Å². The lowest BCUT2D eigenvalue weighted by Gasteiger charge is -2.19. The molecule has 0 saturated heterocycles. The van der Waals surface area contributed by atoms with Gasteiger partial charge >= 0.3 is 0 Å². The maximum Gasteiger partial charge on any atom is 0.216 e. The highest BCUT2D eigenvalue weighted by molar-refractivity contribution is 7.89. The average Bonchev–Trinajstić information content (AvgIpc) is 2.05. The number of likely N-dealkylation sites (N-methyl/N-ethyl adjacent to an activating group) is 1. The summed E-state index contributed by atoms with van der Waals surface area (Å²) >= 11 is 0. The summed E-state index contributed by atoms with van der Waals surface area (Å²) < 4.78 is 28.8. The van der Waals surface area contributed by atoms with Gasteiger partial charge in [-0.05, 0) is 0 Å². The third-order valence-electron chi connectivity index (χ3n) is 1.64. The lowest BCUT2D eigenvalue weighted by Crippen LogP contribution is -2.36. The smallest absolute Gasteiger partial charge is 0.216 e. The van der Waals surface area contributed by atoms with Crippen molar-refractivity contribution in [1.29, 1.82) is 0 Å². The van der Waals surface area contributed by atoms with E-state index in [0.717, 1.165) is 0 Å². The number of aliphatic hydroxyl groups is 1. The van der Waals surface area contributed by atoms with Crippen LogP contribution in [0.3, 0.4) is 0 Å². The molecule has 13 heavy (non-hydrogen) atoms. The van der Waals surface area contributed by atoms with E-state index in [0.29, 0.717) is 19.7 Å². The number of hydrogen-bond donors (Lipinski definition) is 1. The van der Waals surface area contributed by atoms with Crippen LogP contribution in [0.5, 0.6) is 0 Å². The molecular weight excluding hydrogens is 194 g/mol. The monoisotopic (exact) mass is 211 g/mol. The van der Waals surface area contributed by atoms with Gasteiger partial charge < -0.3 is 9.84 Å². The molecule has 0 spiro atoms. The quantitative estimate of drug-likeness (QED) is 0.603. The van der Waals surface area contributed by atoms with Gasteiger partial charge in [0, 0.05) is 20.2 Å². The predicted octanol–water partition coefficient (Wildman–Crippen LogP) is -0.723. The van der Waals surface area contributed by atoms with Crippen molar-refractivity contribution in [3.8, 4) is 0 Å². The van der Waals surface area contributed by atoms with Crippen molar-refractivity contribution in [2.24, 2.45) is 0 Å². The average molecular weight is 211 g/mol. The number of rotatable bonds is 7. The zero-order chi connectivity index (χ0) is 10.3. The number of ether oxygens (including phenoxy) is 1. The van der Waals surface area contributed by atoms with E-state index < -0.39 is 10.0 Å². The first-order valence-electron chi connectivity index (χ1n) is 4.16. The zero-order valence-electron chi connectivity index (χ0n) is 8.06. The zero-order valence-corrected chi connectivity index (χ0v) is 8.88. The molecule has 0 aromatic heterocycles. The first-order chi connectivity index (χ1) is 6.08. The van der Waals surface area contributed by atoms with Crippen LogP contribution in [0.4, 0.5) is 0 Å². The Bertz CT molecular complexity index is 215. The standard InChI is InChI=1S/C7H17NO4S/c1-3-8(4-6-12-2)13(10,11)7-5-9/h9H,3-7H2,1-2H3. The fourth-order valence-electron chi connectivity index (χ4n) is 0.931. The van der Waals surface area contributed by atoms with Gasteiger partial charge in [0.05, 0.1) is 19.0 Å². The fourth-order valence-corrected chi connectivity index (χ4v) is 2.17. The van der Waals surface area contributed by atoms with Crippen LogP contribution >= 0.6 is 0 Å². The van der Waals surface area contributed by atoms with Gasteiger partial charge in [-0.15, -0.1) is 0 Å². The highest BCUT2D eigenvalue weighted by Gasteiger charge is 2.18. The molecule has 0 amide bonds. The molecule has 0 aromatic carbocycles. The molecule has 6 heteroatoms. The first kappa shape index (κ1) is 12.8. The number of nitrogens with zero attached hydrogens (tertiary/aromatic N) is 1. The van der Waals surface area contributed by atoms with E-state index in [4.69, 9.17) is 9.84 Å². The summed E-state index contributed by atoms with van der Waals surface area (Å²) in [6, 6.07) is 0. The minimum Gasteiger partial charge on any atom is -0.395 e. The van der Waals surface area contributed by atoms with Crippen molar-refractivity contribution >= 4 is 10.0 Å². The lowest BCUT2D eigenvalue weighted by atomic mass is 10.6. The maximum absolute atomic E-state index is 11.4. The van der Waals surface area contributed by atoms with Crippen LogP contribution in [0.25, 0.3) is 0 Å². The predicted molar refractivity (Wildman–Crippen MR) is 50.0 cm³/mol. The van der Waals surface area contributed by atoms with Crippen molar-refractivity contribution in [2.45, 2.75) is 6.92 Å². The van der Waals surface area contributed by atoms with Crippen LogP contribution < -0.4 is 0 Å². The molecule has 80 valence electrons. The van der Waals surface area contributed by atoms with Gasteiger partial charge in [-0.1, -0.05) is 6.92 Å². The van der Waals surface area contributed by atoms with Crippen molar-refractivity contribution in [2.75, 3.05) is 39.2 Å². The second kappa shape index (κ2) is 6.31. The van der Waals surface area contributed by atoms with Crippen LogP contribution in [-0.2, 0) is 14.8 Å². The van der Waals surface area contributed by atoms with Crippen molar-refractivity contribution in [1.82, 2.24) is 4.31 Å². The van der Waals surface area contributed by atoms with Crippen LogP contribution in [-0.4, -0.2) is 57.0 Å². The van der Waals surface area contributed by atoms with Crippen molar-refractivity contribution < 1.29 is 18.3 Å². The molecule has 0 aliphatic carbocycles. The Hall–Kier alpha value is -0.170. The number of aliphatic hydroxyl groups excluding tert-OH is 1. The molecule has 0 rings (SSSR count). The van der Waals surface area contributed by atoms with Crippen LogP contribution in [0.2, 0.25) is 0 Å². The molecule has 1 N–H and O–H groups in total. The maximum atomic E-state index is 11.4. The molecule has 0 unspecified atom stereocenters. The van der Waals surface area contributed by atoms with Gasteiger partial charge in [-0.3, -0.25) is 0 Å². The first-order valence-corrected chi connectivity index (χ1v) is 5.77. The second-order valence-corrected chi connectivity index (χ2v) is 4.61. The molecule has 0 heterocycles. The lowest BCUT2D eigenvalue weighted by molar-refractivity contribution is 0.180. The normalized spacial score (nSPS) is 12.3. The third-order valence-corrected chi connectivity index (χ3v) is 3.57. The molecule has 0 radical (unpaired) electrons. The van der Waals surface area contributed by atoms with Crippen molar-refractivity contribution in [3.05, 3.63) is 0 Å². The van der Waals surface area contributed by atoms with Crippen LogP contribution in [0, 0.1) is 0 Å². The minimum absolute atomic E-state index is 0.218. The van der Waals surface area contributed by atoms with E-state index in [1.165, 1.54) is 11.4 Å². The Kier molecular flexibility index (Phi) is 6.23. The van der Waals surface area contributed by atoms with E-state index in [2.05, 4.69) is 0 Å². The Labute approximate surface area is 79.4 Å². The summed E-state index contributed by atoms with van der Waals surface area (Å²) in [5, 5.41) is 8.53. The van der Waals surface area contributed by atoms with Gasteiger partial charge in [0.1, 0.15) is 0 Å². The highest BCUT2D eigenvalue weighted by Crippen LogP contribution is 2.00. The van der Waals surface area contributed by atoms with Gasteiger partial charge in [0.25, 0.3) is 0 Å².